The topological polar surface area (TPSA) is 49.6 Å². The van der Waals surface area contributed by atoms with Gasteiger partial charge in [-0.15, -0.1) is 0 Å². The van der Waals surface area contributed by atoms with Crippen LogP contribution >= 0.6 is 0 Å². The van der Waals surface area contributed by atoms with E-state index in [1.165, 1.54) is 19.4 Å². The normalized spacial score (nSPS) is 30.1. The molecule has 1 aromatic rings. The lowest BCUT2D eigenvalue weighted by Gasteiger charge is -2.37. The molecule has 2 aliphatic carbocycles. The lowest BCUT2D eigenvalue weighted by Crippen LogP contribution is -2.47. The Morgan fingerprint density at radius 3 is 2.29 bits per heavy atom. The smallest absolute Gasteiger partial charge is 0.269 e. The third-order valence-corrected chi connectivity index (χ3v) is 5.93. The quantitative estimate of drug-likeness (QED) is 0.474. The molecule has 1 aliphatic heterocycles. The van der Waals surface area contributed by atoms with Crippen LogP contribution in [0.5, 0.6) is 0 Å². The molecule has 2 bridgehead atoms. The highest BCUT2D eigenvalue weighted by atomic mass is 16.6. The lowest BCUT2D eigenvalue weighted by molar-refractivity contribution is -0.384. The van der Waals surface area contributed by atoms with Gasteiger partial charge in [-0.05, 0) is 36.2 Å². The van der Waals surface area contributed by atoms with Crippen LogP contribution in [0.1, 0.15) is 18.4 Å². The monoisotopic (exact) mass is 327 g/mol. The zero-order valence-electron chi connectivity index (χ0n) is 14.0. The molecular weight excluding hydrogens is 302 g/mol. The predicted molar refractivity (Wildman–Crippen MR) is 93.7 cm³/mol. The van der Waals surface area contributed by atoms with Gasteiger partial charge in [-0.25, -0.2) is 0 Å². The third-order valence-electron chi connectivity index (χ3n) is 5.93. The summed E-state index contributed by atoms with van der Waals surface area (Å²) in [5.41, 5.74) is 1.33. The van der Waals surface area contributed by atoms with Crippen LogP contribution in [0.15, 0.2) is 36.4 Å². The minimum absolute atomic E-state index is 0.170. The second kappa shape index (κ2) is 6.65. The molecule has 128 valence electrons. The maximum Gasteiger partial charge on any atom is 0.269 e. The van der Waals surface area contributed by atoms with E-state index in [-0.39, 0.29) is 10.6 Å². The summed E-state index contributed by atoms with van der Waals surface area (Å²) in [6, 6.07) is 6.97. The number of piperazine rings is 1. The summed E-state index contributed by atoms with van der Waals surface area (Å²) in [6.07, 6.45) is 7.65. The molecule has 0 aromatic heterocycles. The lowest BCUT2D eigenvalue weighted by atomic mass is 9.93. The molecule has 0 radical (unpaired) electrons. The molecule has 24 heavy (non-hydrogen) atoms. The fraction of sp³-hybridized carbons (Fsp3) is 0.579. The third kappa shape index (κ3) is 3.37. The zero-order valence-corrected chi connectivity index (χ0v) is 14.0. The van der Waals surface area contributed by atoms with Gasteiger partial charge < -0.3 is 4.90 Å². The van der Waals surface area contributed by atoms with E-state index in [2.05, 4.69) is 22.0 Å². The van der Waals surface area contributed by atoms with Gasteiger partial charge in [0.25, 0.3) is 5.69 Å². The first-order valence-corrected chi connectivity index (χ1v) is 9.04. The highest BCUT2D eigenvalue weighted by molar-refractivity contribution is 5.32. The number of nitrogens with zero attached hydrogens (tertiary/aromatic N) is 3. The first kappa shape index (κ1) is 15.8. The van der Waals surface area contributed by atoms with E-state index in [0.29, 0.717) is 0 Å². The van der Waals surface area contributed by atoms with E-state index in [1.807, 2.05) is 12.1 Å². The van der Waals surface area contributed by atoms with Crippen LogP contribution in [0, 0.1) is 27.9 Å². The first-order chi connectivity index (χ1) is 11.7. The van der Waals surface area contributed by atoms with E-state index in [9.17, 15) is 10.1 Å². The van der Waals surface area contributed by atoms with Crippen LogP contribution in [0.2, 0.25) is 0 Å². The molecule has 2 fully saturated rings. The van der Waals surface area contributed by atoms with Crippen LogP contribution in [-0.2, 0) is 6.54 Å². The minimum atomic E-state index is -0.340. The second-order valence-electron chi connectivity index (χ2n) is 7.54. The van der Waals surface area contributed by atoms with Crippen molar-refractivity contribution in [1.82, 2.24) is 9.80 Å². The van der Waals surface area contributed by atoms with Crippen LogP contribution in [-0.4, -0.2) is 47.4 Å². The number of allylic oxidation sites excluding steroid dienone is 2. The van der Waals surface area contributed by atoms with Gasteiger partial charge in [0.2, 0.25) is 0 Å². The van der Waals surface area contributed by atoms with Crippen molar-refractivity contribution in [2.24, 2.45) is 17.8 Å². The first-order valence-electron chi connectivity index (χ1n) is 9.04. The Hall–Kier alpha value is -1.72. The Balaban J connectivity index is 1.24. The number of hydrogen-bond donors (Lipinski definition) is 0. The second-order valence-corrected chi connectivity index (χ2v) is 7.54. The Morgan fingerprint density at radius 2 is 1.71 bits per heavy atom. The average molecular weight is 327 g/mol. The Morgan fingerprint density at radius 1 is 1.00 bits per heavy atom. The molecule has 0 amide bonds. The molecule has 1 aromatic carbocycles. The van der Waals surface area contributed by atoms with E-state index < -0.39 is 0 Å². The van der Waals surface area contributed by atoms with Gasteiger partial charge in [0, 0.05) is 51.4 Å². The maximum absolute atomic E-state index is 10.7. The highest BCUT2D eigenvalue weighted by Crippen LogP contribution is 2.43. The fourth-order valence-corrected chi connectivity index (χ4v) is 4.55. The van der Waals surface area contributed by atoms with Gasteiger partial charge in [-0.2, -0.15) is 0 Å². The van der Waals surface area contributed by atoms with Gasteiger partial charge in [-0.1, -0.05) is 24.3 Å². The number of rotatable bonds is 5. The number of fused-ring (bicyclic) bond motifs is 2. The summed E-state index contributed by atoms with van der Waals surface area (Å²) in [6.45, 7) is 6.62. The molecule has 1 saturated carbocycles. The van der Waals surface area contributed by atoms with Crippen molar-refractivity contribution in [3.63, 3.8) is 0 Å². The van der Waals surface area contributed by atoms with E-state index in [1.54, 1.807) is 12.1 Å². The SMILES string of the molecule is O=[N+]([O-])c1ccc(CN2CCN(CC3CC4C=CC3C4)CC2)cc1. The molecule has 1 saturated heterocycles. The van der Waals surface area contributed by atoms with Gasteiger partial charge in [0.15, 0.2) is 0 Å². The molecule has 5 heteroatoms. The van der Waals surface area contributed by atoms with Gasteiger partial charge in [0.1, 0.15) is 0 Å². The van der Waals surface area contributed by atoms with Crippen molar-refractivity contribution >= 4 is 5.69 Å². The van der Waals surface area contributed by atoms with Gasteiger partial charge >= 0.3 is 0 Å². The molecule has 0 spiro atoms. The Kier molecular flexibility index (Phi) is 4.37. The summed E-state index contributed by atoms with van der Waals surface area (Å²) in [5, 5.41) is 10.7. The molecule has 3 unspecified atom stereocenters. The molecular formula is C19H25N3O2. The molecule has 0 N–H and O–H groups in total. The number of hydrogen-bond acceptors (Lipinski definition) is 4. The van der Waals surface area contributed by atoms with Crippen molar-refractivity contribution in [2.75, 3.05) is 32.7 Å². The predicted octanol–water partition coefficient (Wildman–Crippen LogP) is 2.92. The van der Waals surface area contributed by atoms with Crippen LogP contribution in [0.4, 0.5) is 5.69 Å². The summed E-state index contributed by atoms with van der Waals surface area (Å²) in [4.78, 5) is 15.5. The van der Waals surface area contributed by atoms with E-state index >= 15 is 0 Å². The van der Waals surface area contributed by atoms with Crippen molar-refractivity contribution in [1.29, 1.82) is 0 Å². The Bertz CT molecular complexity index is 620. The molecule has 3 atom stereocenters. The number of nitro benzene ring substituents is 1. The highest BCUT2D eigenvalue weighted by Gasteiger charge is 2.36. The van der Waals surface area contributed by atoms with Crippen LogP contribution in [0.25, 0.3) is 0 Å². The van der Waals surface area contributed by atoms with Crippen LogP contribution < -0.4 is 0 Å². The van der Waals surface area contributed by atoms with Crippen molar-refractivity contribution in [3.8, 4) is 0 Å². The molecule has 5 nitrogen and oxygen atoms in total. The maximum atomic E-state index is 10.7. The molecule has 1 heterocycles. The number of non-ortho nitro benzene ring substituents is 1. The largest absolute Gasteiger partial charge is 0.300 e. The van der Waals surface area contributed by atoms with E-state index in [4.69, 9.17) is 0 Å². The van der Waals surface area contributed by atoms with Crippen molar-refractivity contribution < 1.29 is 4.92 Å². The Labute approximate surface area is 143 Å². The van der Waals surface area contributed by atoms with Crippen LogP contribution in [0.3, 0.4) is 0 Å². The number of benzene rings is 1. The van der Waals surface area contributed by atoms with Crippen molar-refractivity contribution in [3.05, 3.63) is 52.1 Å². The van der Waals surface area contributed by atoms with Gasteiger partial charge in [0.05, 0.1) is 4.92 Å². The fourth-order valence-electron chi connectivity index (χ4n) is 4.55. The van der Waals surface area contributed by atoms with Crippen molar-refractivity contribution in [2.45, 2.75) is 19.4 Å². The summed E-state index contributed by atoms with van der Waals surface area (Å²) >= 11 is 0. The molecule has 3 aliphatic rings. The summed E-state index contributed by atoms with van der Waals surface area (Å²) < 4.78 is 0. The standard InChI is InChI=1S/C19H25N3O2/c23-22(24)19-5-2-15(3-6-19)13-20-7-9-21(10-8-20)14-18-12-16-1-4-17(18)11-16/h1-6,16-18H,7-14H2. The van der Waals surface area contributed by atoms with Gasteiger partial charge in [-0.3, -0.25) is 15.0 Å². The summed E-state index contributed by atoms with van der Waals surface area (Å²) in [7, 11) is 0. The van der Waals surface area contributed by atoms with E-state index in [0.717, 1.165) is 56.0 Å². The average Bonchev–Trinajstić information content (AvgIpc) is 3.20. The molecule has 4 rings (SSSR count). The zero-order chi connectivity index (χ0) is 16.5. The minimum Gasteiger partial charge on any atom is -0.300 e. The number of nitro groups is 1. The summed E-state index contributed by atoms with van der Waals surface area (Å²) in [5.74, 6) is 2.58.